The number of aromatic nitrogens is 4. The lowest BCUT2D eigenvalue weighted by molar-refractivity contribution is 0.102. The fraction of sp³-hybridized carbons (Fsp3) is 0.0526. The molecule has 0 saturated carbocycles. The summed E-state index contributed by atoms with van der Waals surface area (Å²) in [5.41, 5.74) is 15.1. The number of carbonyl (C=O) groups excluding carboxylic acids is 1. The number of nitrogen functional groups attached to an aromatic ring is 2. The zero-order valence-electron chi connectivity index (χ0n) is 15.1. The first-order chi connectivity index (χ1) is 14.0. The second kappa shape index (κ2) is 7.64. The van der Waals surface area contributed by atoms with Crippen LogP contribution in [0.2, 0.25) is 5.28 Å². The van der Waals surface area contributed by atoms with Crippen LogP contribution in [-0.2, 0) is 6.54 Å². The first kappa shape index (κ1) is 18.5. The Morgan fingerprint density at radius 1 is 1.03 bits per heavy atom. The third kappa shape index (κ3) is 4.04. The number of hydrogen-bond acceptors (Lipinski definition) is 7. The lowest BCUT2D eigenvalue weighted by atomic mass is 10.1. The van der Waals surface area contributed by atoms with Gasteiger partial charge < -0.3 is 27.1 Å². The molecule has 0 atom stereocenters. The molecule has 0 unspecified atom stereocenters. The third-order valence-corrected chi connectivity index (χ3v) is 4.40. The fourth-order valence-electron chi connectivity index (χ4n) is 2.78. The van der Waals surface area contributed by atoms with Gasteiger partial charge in [-0.05, 0) is 41.4 Å². The molecular weight excluding hydrogens is 392 g/mol. The Morgan fingerprint density at radius 3 is 2.55 bits per heavy atom. The number of amides is 1. The zero-order valence-corrected chi connectivity index (χ0v) is 15.9. The quantitative estimate of drug-likeness (QED) is 0.252. The van der Waals surface area contributed by atoms with Crippen molar-refractivity contribution in [3.63, 3.8) is 0 Å². The number of nitrogens with one attached hydrogen (secondary N) is 3. The molecule has 4 rings (SSSR count). The van der Waals surface area contributed by atoms with E-state index in [2.05, 4.69) is 30.6 Å². The van der Waals surface area contributed by atoms with Crippen molar-refractivity contribution in [3.8, 4) is 0 Å². The highest BCUT2D eigenvalue weighted by atomic mass is 35.5. The lowest BCUT2D eigenvalue weighted by Gasteiger charge is -2.09. The minimum absolute atomic E-state index is 0.104. The van der Waals surface area contributed by atoms with Crippen molar-refractivity contribution in [2.75, 3.05) is 22.1 Å². The van der Waals surface area contributed by atoms with E-state index < -0.39 is 0 Å². The van der Waals surface area contributed by atoms with Crippen molar-refractivity contribution in [2.45, 2.75) is 6.54 Å². The Balaban J connectivity index is 1.45. The molecule has 10 heteroatoms. The summed E-state index contributed by atoms with van der Waals surface area (Å²) in [5, 5.41) is 6.17. The Morgan fingerprint density at radius 2 is 1.79 bits per heavy atom. The first-order valence-corrected chi connectivity index (χ1v) is 9.05. The molecule has 29 heavy (non-hydrogen) atoms. The van der Waals surface area contributed by atoms with E-state index in [1.807, 2.05) is 24.3 Å². The number of fused-ring (bicyclic) bond motifs is 1. The highest BCUT2D eigenvalue weighted by Crippen LogP contribution is 2.22. The predicted molar refractivity (Wildman–Crippen MR) is 114 cm³/mol. The van der Waals surface area contributed by atoms with Crippen LogP contribution < -0.4 is 22.1 Å². The van der Waals surface area contributed by atoms with Crippen molar-refractivity contribution in [2.24, 2.45) is 0 Å². The fourth-order valence-corrected chi connectivity index (χ4v) is 2.95. The molecule has 4 aromatic rings. The molecule has 0 bridgehead atoms. The lowest BCUT2D eigenvalue weighted by Crippen LogP contribution is -2.13. The number of imidazole rings is 1. The Kier molecular flexibility index (Phi) is 4.88. The van der Waals surface area contributed by atoms with E-state index in [1.54, 1.807) is 24.3 Å². The van der Waals surface area contributed by atoms with Gasteiger partial charge in [-0.25, -0.2) is 4.98 Å². The zero-order chi connectivity index (χ0) is 20.4. The molecule has 0 aliphatic heterocycles. The van der Waals surface area contributed by atoms with Crippen LogP contribution in [-0.4, -0.2) is 25.8 Å². The van der Waals surface area contributed by atoms with Gasteiger partial charge in [0.2, 0.25) is 11.2 Å². The van der Waals surface area contributed by atoms with Gasteiger partial charge in [0, 0.05) is 12.1 Å². The molecule has 2 heterocycles. The predicted octanol–water partition coefficient (Wildman–Crippen LogP) is 3.04. The number of rotatable bonds is 5. The van der Waals surface area contributed by atoms with Crippen molar-refractivity contribution < 1.29 is 4.79 Å². The average molecular weight is 409 g/mol. The normalized spacial score (nSPS) is 10.8. The molecule has 0 spiro atoms. The molecule has 0 radical (unpaired) electrons. The van der Waals surface area contributed by atoms with Gasteiger partial charge >= 0.3 is 0 Å². The molecule has 0 fully saturated rings. The summed E-state index contributed by atoms with van der Waals surface area (Å²) in [4.78, 5) is 27.6. The van der Waals surface area contributed by atoms with E-state index in [4.69, 9.17) is 23.1 Å². The van der Waals surface area contributed by atoms with Gasteiger partial charge in [0.25, 0.3) is 5.91 Å². The molecule has 2 aromatic carbocycles. The van der Waals surface area contributed by atoms with Gasteiger partial charge in [-0.15, -0.1) is 0 Å². The van der Waals surface area contributed by atoms with Crippen molar-refractivity contribution in [1.82, 2.24) is 19.9 Å². The van der Waals surface area contributed by atoms with Crippen LogP contribution in [0.4, 0.5) is 23.1 Å². The van der Waals surface area contributed by atoms with Gasteiger partial charge in [-0.3, -0.25) is 4.79 Å². The summed E-state index contributed by atoms with van der Waals surface area (Å²) >= 11 is 5.89. The number of nitrogens with zero attached hydrogens (tertiary/aromatic N) is 3. The summed E-state index contributed by atoms with van der Waals surface area (Å²) in [6.45, 7) is 0.448. The largest absolute Gasteiger partial charge is 0.397 e. The maximum atomic E-state index is 12.4. The minimum Gasteiger partial charge on any atom is -0.397 e. The molecule has 0 saturated heterocycles. The number of hydrogen-bond donors (Lipinski definition) is 5. The summed E-state index contributed by atoms with van der Waals surface area (Å²) in [5.74, 6) is 0.336. The SMILES string of the molecule is Nc1nc(NCc2ccc(C(=O)Nc3ccccc3N)cc2)c2nc(Cl)[nH]c2n1. The number of carbonyl (C=O) groups is 1. The second-order valence-electron chi connectivity index (χ2n) is 6.25. The minimum atomic E-state index is -0.237. The smallest absolute Gasteiger partial charge is 0.255 e. The van der Waals surface area contributed by atoms with E-state index in [-0.39, 0.29) is 17.1 Å². The van der Waals surface area contributed by atoms with Crippen molar-refractivity contribution >= 4 is 51.8 Å². The van der Waals surface area contributed by atoms with E-state index in [1.165, 1.54) is 0 Å². The molecule has 7 N–H and O–H groups in total. The second-order valence-corrected chi connectivity index (χ2v) is 6.61. The van der Waals surface area contributed by atoms with Crippen LogP contribution in [0.25, 0.3) is 11.2 Å². The molecule has 9 nitrogen and oxygen atoms in total. The van der Waals surface area contributed by atoms with Crippen LogP contribution in [0, 0.1) is 0 Å². The van der Waals surface area contributed by atoms with Gasteiger partial charge in [-0.2, -0.15) is 9.97 Å². The number of anilines is 4. The van der Waals surface area contributed by atoms with Gasteiger partial charge in [0.15, 0.2) is 17.0 Å². The van der Waals surface area contributed by atoms with Crippen LogP contribution in [0.5, 0.6) is 0 Å². The van der Waals surface area contributed by atoms with Crippen molar-refractivity contribution in [3.05, 3.63) is 64.9 Å². The molecule has 0 aliphatic rings. The number of halogens is 1. The van der Waals surface area contributed by atoms with E-state index in [0.717, 1.165) is 5.56 Å². The molecule has 0 aliphatic carbocycles. The van der Waals surface area contributed by atoms with E-state index >= 15 is 0 Å². The number of para-hydroxylation sites is 2. The van der Waals surface area contributed by atoms with Gasteiger partial charge in [-0.1, -0.05) is 24.3 Å². The van der Waals surface area contributed by atoms with Gasteiger partial charge in [0.1, 0.15) is 0 Å². The topological polar surface area (TPSA) is 148 Å². The van der Waals surface area contributed by atoms with Crippen LogP contribution in [0.1, 0.15) is 15.9 Å². The maximum absolute atomic E-state index is 12.4. The highest BCUT2D eigenvalue weighted by molar-refractivity contribution is 6.29. The van der Waals surface area contributed by atoms with Crippen LogP contribution >= 0.6 is 11.6 Å². The van der Waals surface area contributed by atoms with Crippen molar-refractivity contribution in [1.29, 1.82) is 0 Å². The summed E-state index contributed by atoms with van der Waals surface area (Å²) in [6.07, 6.45) is 0. The Labute approximate surface area is 170 Å². The van der Waals surface area contributed by atoms with Crippen LogP contribution in [0.15, 0.2) is 48.5 Å². The summed E-state index contributed by atoms with van der Waals surface area (Å²) in [6, 6.07) is 14.3. The first-order valence-electron chi connectivity index (χ1n) is 8.67. The number of benzene rings is 2. The molecule has 2 aromatic heterocycles. The van der Waals surface area contributed by atoms with Crippen LogP contribution in [0.3, 0.4) is 0 Å². The maximum Gasteiger partial charge on any atom is 0.255 e. The molecular formula is C19H17ClN8O. The van der Waals surface area contributed by atoms with E-state index in [9.17, 15) is 4.79 Å². The highest BCUT2D eigenvalue weighted by Gasteiger charge is 2.12. The summed E-state index contributed by atoms with van der Waals surface area (Å²) < 4.78 is 0. The number of nitrogens with two attached hydrogens (primary N) is 2. The standard InChI is InChI=1S/C19H17ClN8O/c20-18-25-14-15(27-19(22)28-16(14)26-18)23-9-10-5-7-11(8-6-10)17(29)24-13-4-2-1-3-12(13)21/h1-8H,9,21H2,(H,24,29)(H4,22,23,25,26,27,28). The Bertz CT molecular complexity index is 1190. The number of H-pyrrole nitrogens is 1. The molecule has 1 amide bonds. The average Bonchev–Trinajstić information content (AvgIpc) is 3.08. The van der Waals surface area contributed by atoms with E-state index in [0.29, 0.717) is 40.5 Å². The molecule has 146 valence electrons. The summed E-state index contributed by atoms with van der Waals surface area (Å²) in [7, 11) is 0. The number of aromatic amines is 1. The van der Waals surface area contributed by atoms with Gasteiger partial charge in [0.05, 0.1) is 11.4 Å². The third-order valence-electron chi connectivity index (χ3n) is 4.22. The monoisotopic (exact) mass is 408 g/mol. The Hall–Kier alpha value is -3.85.